The van der Waals surface area contributed by atoms with E-state index in [2.05, 4.69) is 0 Å². The van der Waals surface area contributed by atoms with Crippen molar-refractivity contribution in [3.8, 4) is 0 Å². The molecule has 0 radical (unpaired) electrons. The normalized spacial score (nSPS) is 49.2. The molecule has 0 spiro atoms. The summed E-state index contributed by atoms with van der Waals surface area (Å²) in [5.41, 5.74) is 0. The summed E-state index contributed by atoms with van der Waals surface area (Å²) in [5.74, 6) is -0.431. The number of halogens is 1. The number of alkyl halides is 1. The highest BCUT2D eigenvalue weighted by molar-refractivity contribution is 14.1. The molecule has 1 saturated heterocycles. The van der Waals surface area contributed by atoms with Crippen LogP contribution in [0.25, 0.3) is 0 Å². The van der Waals surface area contributed by atoms with Gasteiger partial charge in [-0.15, -0.1) is 0 Å². The summed E-state index contributed by atoms with van der Waals surface area (Å²) in [6, 6.07) is 0. The molecule has 5 heteroatoms. The number of ether oxygens (including phenoxy) is 1. The van der Waals surface area contributed by atoms with E-state index < -0.39 is 30.5 Å². The summed E-state index contributed by atoms with van der Waals surface area (Å²) >= 11 is 2.04. The van der Waals surface area contributed by atoms with Crippen LogP contribution < -0.4 is 0 Å². The van der Waals surface area contributed by atoms with E-state index in [1.807, 2.05) is 22.6 Å². The van der Waals surface area contributed by atoms with Crippen molar-refractivity contribution in [1.82, 2.24) is 0 Å². The number of hydrogen-bond acceptors (Lipinski definition) is 4. The van der Waals surface area contributed by atoms with Crippen molar-refractivity contribution in [2.45, 2.75) is 31.5 Å². The van der Waals surface area contributed by atoms with Crippen molar-refractivity contribution in [2.75, 3.05) is 4.43 Å². The number of rotatable bonds is 1. The number of hydrogen-bond donors (Lipinski definition) is 3. The molecule has 4 nitrogen and oxygen atoms in total. The molecule has 5 atom stereocenters. The van der Waals surface area contributed by atoms with E-state index in [0.29, 0.717) is 4.43 Å². The van der Waals surface area contributed by atoms with Crippen LogP contribution in [-0.2, 0) is 4.74 Å². The molecule has 0 bridgehead atoms. The molecule has 72 valence electrons. The largest absolute Gasteiger partial charge is 0.390 e. The highest BCUT2D eigenvalue weighted by Gasteiger charge is 2.40. The van der Waals surface area contributed by atoms with E-state index >= 15 is 0 Å². The second-order valence-electron chi connectivity index (χ2n) is 3.06. The molecular formula is C7H13IO4. The molecule has 0 aromatic rings. The van der Waals surface area contributed by atoms with Crippen molar-refractivity contribution < 1.29 is 20.1 Å². The Morgan fingerprint density at radius 1 is 1.25 bits per heavy atom. The van der Waals surface area contributed by atoms with Gasteiger partial charge in [0.2, 0.25) is 0 Å². The van der Waals surface area contributed by atoms with E-state index in [1.165, 1.54) is 0 Å². The van der Waals surface area contributed by atoms with E-state index in [0.717, 1.165) is 0 Å². The van der Waals surface area contributed by atoms with Gasteiger partial charge in [-0.2, -0.15) is 0 Å². The smallest absolute Gasteiger partial charge is 0.160 e. The Hall–Kier alpha value is 0.570. The fourth-order valence-electron chi connectivity index (χ4n) is 1.21. The first-order valence-electron chi connectivity index (χ1n) is 3.83. The van der Waals surface area contributed by atoms with Crippen molar-refractivity contribution in [3.63, 3.8) is 0 Å². The highest BCUT2D eigenvalue weighted by Crippen LogP contribution is 2.25. The van der Waals surface area contributed by atoms with Gasteiger partial charge in [-0.1, -0.05) is 29.5 Å². The standard InChI is InChI=1S/C7H13IO4/c1-3-5(9)6(10)4(2-8)12-7(3)11/h3-7,9-11H,2H2,1H3/t3-,4+,5-,6-,7?/m1/s1. The van der Waals surface area contributed by atoms with Gasteiger partial charge in [0, 0.05) is 10.3 Å². The van der Waals surface area contributed by atoms with Crippen LogP contribution in [0.3, 0.4) is 0 Å². The van der Waals surface area contributed by atoms with Gasteiger partial charge in [0.05, 0.1) is 12.2 Å². The van der Waals surface area contributed by atoms with Gasteiger partial charge >= 0.3 is 0 Å². The molecule has 0 aromatic carbocycles. The Morgan fingerprint density at radius 3 is 2.33 bits per heavy atom. The fourth-order valence-corrected chi connectivity index (χ4v) is 1.94. The summed E-state index contributed by atoms with van der Waals surface area (Å²) < 4.78 is 5.62. The van der Waals surface area contributed by atoms with Crippen molar-refractivity contribution in [3.05, 3.63) is 0 Å². The molecule has 0 amide bonds. The van der Waals surface area contributed by atoms with Crippen molar-refractivity contribution in [1.29, 1.82) is 0 Å². The molecule has 3 N–H and O–H groups in total. The maximum Gasteiger partial charge on any atom is 0.160 e. The van der Waals surface area contributed by atoms with Gasteiger partial charge in [0.1, 0.15) is 6.10 Å². The molecule has 1 rings (SSSR count). The quantitative estimate of drug-likeness (QED) is 0.449. The minimum atomic E-state index is -0.969. The lowest BCUT2D eigenvalue weighted by Gasteiger charge is -2.38. The van der Waals surface area contributed by atoms with E-state index in [9.17, 15) is 15.3 Å². The van der Waals surface area contributed by atoms with Gasteiger partial charge in [-0.05, 0) is 0 Å². The van der Waals surface area contributed by atoms with Crippen LogP contribution >= 0.6 is 22.6 Å². The zero-order valence-corrected chi connectivity index (χ0v) is 8.88. The molecule has 0 saturated carbocycles. The predicted octanol–water partition coefficient (Wildman–Crippen LogP) is -0.503. The zero-order chi connectivity index (χ0) is 9.30. The Kier molecular flexibility index (Phi) is 3.72. The molecule has 0 aromatic heterocycles. The summed E-state index contributed by atoms with van der Waals surface area (Å²) in [6.45, 7) is 1.64. The summed E-state index contributed by atoms with van der Waals surface area (Å²) in [6.07, 6.45) is -3.22. The molecule has 1 fully saturated rings. The van der Waals surface area contributed by atoms with Crippen molar-refractivity contribution >= 4 is 22.6 Å². The Balaban J connectivity index is 2.63. The average molecular weight is 288 g/mol. The third-order valence-corrected chi connectivity index (χ3v) is 3.05. The molecule has 1 aliphatic rings. The van der Waals surface area contributed by atoms with Crippen LogP contribution in [0.1, 0.15) is 6.92 Å². The van der Waals surface area contributed by atoms with Crippen LogP contribution in [0.5, 0.6) is 0 Å². The van der Waals surface area contributed by atoms with Crippen LogP contribution in [0, 0.1) is 5.92 Å². The Bertz CT molecular complexity index is 150. The lowest BCUT2D eigenvalue weighted by Crippen LogP contribution is -2.54. The SMILES string of the molecule is C[C@H]1C(O)O[C@@H](CI)[C@@H](O)[C@@H]1O. The minimum absolute atomic E-state index is 0.431. The first-order chi connectivity index (χ1) is 5.57. The van der Waals surface area contributed by atoms with Gasteiger partial charge in [0.15, 0.2) is 6.29 Å². The second-order valence-corrected chi connectivity index (χ2v) is 3.94. The predicted molar refractivity (Wildman–Crippen MR) is 50.9 cm³/mol. The molecule has 1 unspecified atom stereocenters. The second kappa shape index (κ2) is 4.19. The first-order valence-corrected chi connectivity index (χ1v) is 5.36. The maximum absolute atomic E-state index is 9.43. The number of aliphatic hydroxyl groups excluding tert-OH is 3. The van der Waals surface area contributed by atoms with Crippen LogP contribution in [0.15, 0.2) is 0 Å². The maximum atomic E-state index is 9.43. The first kappa shape index (κ1) is 10.6. The lowest BCUT2D eigenvalue weighted by molar-refractivity contribution is -0.253. The minimum Gasteiger partial charge on any atom is -0.390 e. The fraction of sp³-hybridized carbons (Fsp3) is 1.00. The topological polar surface area (TPSA) is 69.9 Å². The Labute approximate surface area is 84.7 Å². The molecular weight excluding hydrogens is 275 g/mol. The molecule has 0 aliphatic carbocycles. The third kappa shape index (κ3) is 1.90. The summed E-state index contributed by atoms with van der Waals surface area (Å²) in [4.78, 5) is 0. The zero-order valence-electron chi connectivity index (χ0n) is 6.72. The number of aliphatic hydroxyl groups is 3. The van der Waals surface area contributed by atoms with E-state index in [-0.39, 0.29) is 0 Å². The summed E-state index contributed by atoms with van der Waals surface area (Å²) in [7, 11) is 0. The lowest BCUT2D eigenvalue weighted by atomic mass is 9.93. The van der Waals surface area contributed by atoms with Crippen LogP contribution in [-0.4, -0.2) is 44.3 Å². The molecule has 1 aliphatic heterocycles. The summed E-state index contributed by atoms with van der Waals surface area (Å²) in [5, 5.41) is 28.1. The molecule has 12 heavy (non-hydrogen) atoms. The highest BCUT2D eigenvalue weighted by atomic mass is 127. The van der Waals surface area contributed by atoms with Gasteiger partial charge < -0.3 is 20.1 Å². The third-order valence-electron chi connectivity index (χ3n) is 2.19. The monoisotopic (exact) mass is 288 g/mol. The van der Waals surface area contributed by atoms with Crippen molar-refractivity contribution in [2.24, 2.45) is 5.92 Å². The average Bonchev–Trinajstić information content (AvgIpc) is 2.08. The van der Waals surface area contributed by atoms with Crippen LogP contribution in [0.2, 0.25) is 0 Å². The van der Waals surface area contributed by atoms with Crippen LogP contribution in [0.4, 0.5) is 0 Å². The van der Waals surface area contributed by atoms with Gasteiger partial charge in [-0.25, -0.2) is 0 Å². The van der Waals surface area contributed by atoms with Gasteiger partial charge in [-0.3, -0.25) is 0 Å². The van der Waals surface area contributed by atoms with Gasteiger partial charge in [0.25, 0.3) is 0 Å². The van der Waals surface area contributed by atoms with E-state index in [4.69, 9.17) is 4.74 Å². The van der Waals surface area contributed by atoms with E-state index in [1.54, 1.807) is 6.92 Å². The molecule has 1 heterocycles. The Morgan fingerprint density at radius 2 is 1.83 bits per heavy atom.